The Bertz CT molecular complexity index is 997. The lowest BCUT2D eigenvalue weighted by Gasteiger charge is -2.25. The van der Waals surface area contributed by atoms with Crippen molar-refractivity contribution in [2.24, 2.45) is 0 Å². The van der Waals surface area contributed by atoms with Crippen LogP contribution in [0.4, 0.5) is 13.2 Å². The fourth-order valence-electron chi connectivity index (χ4n) is 3.04. The summed E-state index contributed by atoms with van der Waals surface area (Å²) in [6.45, 7) is 0.332. The molecule has 2 heterocycles. The third-order valence-electron chi connectivity index (χ3n) is 4.50. The Morgan fingerprint density at radius 3 is 2.59 bits per heavy atom. The summed E-state index contributed by atoms with van der Waals surface area (Å²) in [7, 11) is -4.12. The van der Waals surface area contributed by atoms with Crippen molar-refractivity contribution in [3.05, 3.63) is 58.9 Å². The molecule has 0 spiro atoms. The average Bonchev–Trinajstić information content (AvgIpc) is 3.05. The zero-order valence-corrected chi connectivity index (χ0v) is 16.6. The van der Waals surface area contributed by atoms with E-state index in [4.69, 9.17) is 11.6 Å². The van der Waals surface area contributed by atoms with Gasteiger partial charge in [0.05, 0.1) is 11.6 Å². The Kier molecular flexibility index (Phi) is 6.16. The van der Waals surface area contributed by atoms with E-state index < -0.39 is 27.8 Å². The Labute approximate surface area is 170 Å². The number of pyridine rings is 1. The summed E-state index contributed by atoms with van der Waals surface area (Å²) >= 11 is 5.68. The number of aromatic nitrogens is 1. The van der Waals surface area contributed by atoms with Gasteiger partial charge in [0.2, 0.25) is 15.9 Å². The van der Waals surface area contributed by atoms with Gasteiger partial charge in [-0.15, -0.1) is 0 Å². The molecule has 1 unspecified atom stereocenters. The van der Waals surface area contributed by atoms with E-state index in [2.05, 4.69) is 9.71 Å². The Morgan fingerprint density at radius 1 is 1.24 bits per heavy atom. The second-order valence-corrected chi connectivity index (χ2v) is 8.66. The van der Waals surface area contributed by atoms with Crippen molar-refractivity contribution in [1.82, 2.24) is 14.6 Å². The lowest BCUT2D eigenvalue weighted by atomic mass is 10.0. The van der Waals surface area contributed by atoms with E-state index in [-0.39, 0.29) is 28.1 Å². The molecular formula is C18H17ClF3N3O3S. The third-order valence-corrected chi connectivity index (χ3v) is 6.18. The summed E-state index contributed by atoms with van der Waals surface area (Å²) in [5.41, 5.74) is -0.801. The SMILES string of the molecule is O=C1CCCN1CC(NS(=O)(=O)c1ccc(Cl)nc1)c1cccc(C(F)(F)F)c1. The number of benzene rings is 1. The zero-order chi connectivity index (χ0) is 21.2. The first-order valence-electron chi connectivity index (χ1n) is 8.65. The summed E-state index contributed by atoms with van der Waals surface area (Å²) in [5.74, 6) is -0.172. The van der Waals surface area contributed by atoms with Crippen LogP contribution in [0.5, 0.6) is 0 Å². The standard InChI is InChI=1S/C18H17ClF3N3O3S/c19-16-7-6-14(10-23-16)29(27,28)24-15(11-25-8-2-5-17(25)26)12-3-1-4-13(9-12)18(20,21)22/h1,3-4,6-7,9-10,15,24H,2,5,8,11H2. The lowest BCUT2D eigenvalue weighted by Crippen LogP contribution is -2.38. The topological polar surface area (TPSA) is 79.4 Å². The summed E-state index contributed by atoms with van der Waals surface area (Å²) in [4.78, 5) is 17.0. The molecule has 3 rings (SSSR count). The van der Waals surface area contributed by atoms with Crippen molar-refractivity contribution in [3.8, 4) is 0 Å². The Morgan fingerprint density at radius 2 is 2.00 bits per heavy atom. The van der Waals surface area contributed by atoms with Crippen LogP contribution in [-0.2, 0) is 21.0 Å². The molecule has 2 aromatic rings. The van der Waals surface area contributed by atoms with Gasteiger partial charge in [0.1, 0.15) is 10.0 Å². The smallest absolute Gasteiger partial charge is 0.341 e. The number of likely N-dealkylation sites (tertiary alicyclic amines) is 1. The largest absolute Gasteiger partial charge is 0.416 e. The monoisotopic (exact) mass is 447 g/mol. The van der Waals surface area contributed by atoms with Gasteiger partial charge in [0, 0.05) is 25.7 Å². The van der Waals surface area contributed by atoms with Gasteiger partial charge in [-0.25, -0.2) is 18.1 Å². The number of nitrogens with one attached hydrogen (secondary N) is 1. The number of halogens is 4. The maximum Gasteiger partial charge on any atom is 0.416 e. The molecule has 0 bridgehead atoms. The second-order valence-electron chi connectivity index (χ2n) is 6.56. The minimum absolute atomic E-state index is 0.0829. The van der Waals surface area contributed by atoms with Crippen LogP contribution in [0.15, 0.2) is 47.5 Å². The van der Waals surface area contributed by atoms with Crippen LogP contribution < -0.4 is 4.72 Å². The van der Waals surface area contributed by atoms with Crippen LogP contribution in [0.3, 0.4) is 0 Å². The number of nitrogens with zero attached hydrogens (tertiary/aromatic N) is 2. The lowest BCUT2D eigenvalue weighted by molar-refractivity contribution is -0.137. The van der Waals surface area contributed by atoms with E-state index in [9.17, 15) is 26.4 Å². The minimum atomic E-state index is -4.58. The predicted octanol–water partition coefficient (Wildman–Crippen LogP) is 3.40. The molecule has 1 amide bonds. The van der Waals surface area contributed by atoms with Crippen molar-refractivity contribution in [3.63, 3.8) is 0 Å². The molecule has 0 aliphatic carbocycles. The van der Waals surface area contributed by atoms with Gasteiger partial charge in [0.15, 0.2) is 0 Å². The maximum absolute atomic E-state index is 13.1. The van der Waals surface area contributed by atoms with E-state index in [0.717, 1.165) is 18.3 Å². The molecular weight excluding hydrogens is 431 g/mol. The number of carbonyl (C=O) groups is 1. The van der Waals surface area contributed by atoms with E-state index in [1.165, 1.54) is 29.2 Å². The second kappa shape index (κ2) is 8.29. The van der Waals surface area contributed by atoms with Crippen molar-refractivity contribution in [2.75, 3.05) is 13.1 Å². The number of hydrogen-bond donors (Lipinski definition) is 1. The Hall–Kier alpha value is -2.17. The molecule has 156 valence electrons. The molecule has 1 atom stereocenters. The van der Waals surface area contributed by atoms with Crippen LogP contribution >= 0.6 is 11.6 Å². The van der Waals surface area contributed by atoms with Crippen molar-refractivity contribution in [2.45, 2.75) is 30.0 Å². The third kappa shape index (κ3) is 5.26. The summed E-state index contributed by atoms with van der Waals surface area (Å²) < 4.78 is 67.2. The first kappa shape index (κ1) is 21.5. The van der Waals surface area contributed by atoms with Crippen LogP contribution in [0.1, 0.15) is 30.0 Å². The molecule has 6 nitrogen and oxygen atoms in total. The van der Waals surface area contributed by atoms with Gasteiger partial charge in [-0.05, 0) is 36.2 Å². The van der Waals surface area contributed by atoms with E-state index in [0.29, 0.717) is 19.4 Å². The zero-order valence-electron chi connectivity index (χ0n) is 15.0. The van der Waals surface area contributed by atoms with E-state index >= 15 is 0 Å². The number of amides is 1. The number of carbonyl (C=O) groups excluding carboxylic acids is 1. The molecule has 1 aromatic carbocycles. The molecule has 1 aromatic heterocycles. The van der Waals surface area contributed by atoms with Crippen LogP contribution in [0, 0.1) is 0 Å². The molecule has 1 aliphatic heterocycles. The summed E-state index contributed by atoms with van der Waals surface area (Å²) in [6, 6.07) is 5.84. The number of alkyl halides is 3. The fourth-order valence-corrected chi connectivity index (χ4v) is 4.31. The van der Waals surface area contributed by atoms with Crippen molar-refractivity contribution >= 4 is 27.5 Å². The van der Waals surface area contributed by atoms with Crippen LogP contribution in [-0.4, -0.2) is 37.3 Å². The highest BCUT2D eigenvalue weighted by Crippen LogP contribution is 2.31. The average molecular weight is 448 g/mol. The van der Waals surface area contributed by atoms with Gasteiger partial charge in [-0.2, -0.15) is 13.2 Å². The summed E-state index contributed by atoms with van der Waals surface area (Å²) in [6.07, 6.45) is -2.59. The highest BCUT2D eigenvalue weighted by molar-refractivity contribution is 7.89. The fraction of sp³-hybridized carbons (Fsp3) is 0.333. The van der Waals surface area contributed by atoms with Gasteiger partial charge < -0.3 is 4.90 Å². The van der Waals surface area contributed by atoms with Crippen molar-refractivity contribution in [1.29, 1.82) is 0 Å². The molecule has 1 fully saturated rings. The molecule has 1 N–H and O–H groups in total. The van der Waals surface area contributed by atoms with Crippen LogP contribution in [0.25, 0.3) is 0 Å². The molecule has 1 aliphatic rings. The molecule has 0 radical (unpaired) electrons. The normalized spacial score (nSPS) is 16.3. The first-order chi connectivity index (χ1) is 13.6. The minimum Gasteiger partial charge on any atom is -0.341 e. The quantitative estimate of drug-likeness (QED) is 0.688. The molecule has 0 saturated carbocycles. The predicted molar refractivity (Wildman–Crippen MR) is 99.6 cm³/mol. The van der Waals surface area contributed by atoms with E-state index in [1.54, 1.807) is 0 Å². The maximum atomic E-state index is 13.1. The number of hydrogen-bond acceptors (Lipinski definition) is 4. The summed E-state index contributed by atoms with van der Waals surface area (Å²) in [5, 5.41) is 0.0982. The van der Waals surface area contributed by atoms with Gasteiger partial charge in [-0.3, -0.25) is 4.79 Å². The highest BCUT2D eigenvalue weighted by atomic mass is 35.5. The molecule has 1 saturated heterocycles. The van der Waals surface area contributed by atoms with Crippen molar-refractivity contribution < 1.29 is 26.4 Å². The van der Waals surface area contributed by atoms with E-state index in [1.807, 2.05) is 0 Å². The van der Waals surface area contributed by atoms with Gasteiger partial charge >= 0.3 is 6.18 Å². The van der Waals surface area contributed by atoms with Crippen LogP contribution in [0.2, 0.25) is 5.15 Å². The highest BCUT2D eigenvalue weighted by Gasteiger charge is 2.33. The van der Waals surface area contributed by atoms with Gasteiger partial charge in [0.25, 0.3) is 0 Å². The number of sulfonamides is 1. The molecule has 11 heteroatoms. The number of rotatable bonds is 6. The van der Waals surface area contributed by atoms with Gasteiger partial charge in [-0.1, -0.05) is 23.7 Å². The Balaban J connectivity index is 1.95. The molecule has 29 heavy (non-hydrogen) atoms. The first-order valence-corrected chi connectivity index (χ1v) is 10.5.